The molecule has 0 bridgehead atoms. The van der Waals surface area contributed by atoms with E-state index in [2.05, 4.69) is 45.7 Å². The van der Waals surface area contributed by atoms with Crippen LogP contribution < -0.4 is 0 Å². The van der Waals surface area contributed by atoms with E-state index in [1.54, 1.807) is 0 Å². The predicted molar refractivity (Wildman–Crippen MR) is 90.8 cm³/mol. The molecule has 0 radical (unpaired) electrons. The molecule has 1 aromatic carbocycles. The molecule has 0 amide bonds. The minimum absolute atomic E-state index is 0.0897. The number of rotatable bonds is 5. The Bertz CT molecular complexity index is 542. The summed E-state index contributed by atoms with van der Waals surface area (Å²) in [6, 6.07) is 4.38. The molecule has 0 unspecified atom stereocenters. The third-order valence-corrected chi connectivity index (χ3v) is 4.06. The van der Waals surface area contributed by atoms with Gasteiger partial charge in [0.15, 0.2) is 6.29 Å². The molecule has 1 aromatic rings. The summed E-state index contributed by atoms with van der Waals surface area (Å²) in [6.07, 6.45) is 9.61. The maximum absolute atomic E-state index is 6.00. The molecule has 0 aliphatic carbocycles. The van der Waals surface area contributed by atoms with Gasteiger partial charge in [0.1, 0.15) is 0 Å². The first-order valence-corrected chi connectivity index (χ1v) is 8.36. The highest BCUT2D eigenvalue weighted by Gasteiger charge is 2.30. The molecule has 1 aliphatic rings. The van der Waals surface area contributed by atoms with Crippen LogP contribution in [0.4, 0.5) is 0 Å². The molecule has 22 heavy (non-hydrogen) atoms. The van der Waals surface area contributed by atoms with Gasteiger partial charge in [0.05, 0.1) is 13.2 Å². The van der Waals surface area contributed by atoms with E-state index in [1.807, 2.05) is 0 Å². The average Bonchev–Trinajstić information content (AvgIpc) is 2.49. The van der Waals surface area contributed by atoms with Gasteiger partial charge < -0.3 is 9.47 Å². The van der Waals surface area contributed by atoms with E-state index in [4.69, 9.17) is 15.9 Å². The van der Waals surface area contributed by atoms with Crippen LogP contribution in [0.1, 0.15) is 69.1 Å². The standard InChI is InChI=1S/C20H28O2/c1-6-9-16-12-18(17(10-7-2)11-15(16)8-3)19-21-13-20(4,5)14-22-19/h3,11-12,19H,6-7,9-10,13-14H2,1-2,4-5H3. The number of benzene rings is 1. The number of ether oxygens (including phenoxy) is 2. The lowest BCUT2D eigenvalue weighted by Crippen LogP contribution is -2.34. The van der Waals surface area contributed by atoms with Crippen molar-refractivity contribution in [1.29, 1.82) is 0 Å². The highest BCUT2D eigenvalue weighted by atomic mass is 16.7. The first-order valence-electron chi connectivity index (χ1n) is 8.36. The minimum Gasteiger partial charge on any atom is -0.348 e. The molecular weight excluding hydrogens is 272 g/mol. The lowest BCUT2D eigenvalue weighted by atomic mass is 9.92. The summed E-state index contributed by atoms with van der Waals surface area (Å²) in [6.45, 7) is 10.1. The van der Waals surface area contributed by atoms with E-state index in [0.717, 1.165) is 44.5 Å². The predicted octanol–water partition coefficient (Wildman–Crippen LogP) is 4.64. The molecule has 2 heteroatoms. The summed E-state index contributed by atoms with van der Waals surface area (Å²) in [5.74, 6) is 2.84. The Kier molecular flexibility index (Phi) is 5.67. The van der Waals surface area contributed by atoms with Gasteiger partial charge in [0.2, 0.25) is 0 Å². The Balaban J connectivity index is 2.35. The van der Waals surface area contributed by atoms with E-state index in [-0.39, 0.29) is 11.7 Å². The molecule has 0 saturated carbocycles. The second-order valence-electron chi connectivity index (χ2n) is 6.97. The first kappa shape index (κ1) is 17.1. The van der Waals surface area contributed by atoms with Gasteiger partial charge in [-0.25, -0.2) is 0 Å². The molecule has 1 heterocycles. The zero-order valence-corrected chi connectivity index (χ0v) is 14.4. The van der Waals surface area contributed by atoms with Crippen molar-refractivity contribution in [1.82, 2.24) is 0 Å². The lowest BCUT2D eigenvalue weighted by Gasteiger charge is -2.35. The summed E-state index contributed by atoms with van der Waals surface area (Å²) in [7, 11) is 0. The second kappa shape index (κ2) is 7.31. The summed E-state index contributed by atoms with van der Waals surface area (Å²) in [5.41, 5.74) is 4.77. The van der Waals surface area contributed by atoms with Gasteiger partial charge in [-0.05, 0) is 36.1 Å². The Hall–Kier alpha value is -1.30. The summed E-state index contributed by atoms with van der Waals surface area (Å²) in [4.78, 5) is 0. The van der Waals surface area contributed by atoms with Gasteiger partial charge in [-0.1, -0.05) is 46.5 Å². The van der Waals surface area contributed by atoms with E-state index < -0.39 is 0 Å². The fourth-order valence-corrected chi connectivity index (χ4v) is 2.90. The van der Waals surface area contributed by atoms with E-state index in [1.165, 1.54) is 16.7 Å². The van der Waals surface area contributed by atoms with Crippen LogP contribution in [0.5, 0.6) is 0 Å². The molecule has 0 spiro atoms. The van der Waals surface area contributed by atoms with Gasteiger partial charge in [-0.2, -0.15) is 0 Å². The molecule has 120 valence electrons. The van der Waals surface area contributed by atoms with Crippen LogP contribution in [0.2, 0.25) is 0 Å². The van der Waals surface area contributed by atoms with Gasteiger partial charge in [0.25, 0.3) is 0 Å². The molecule has 0 N–H and O–H groups in total. The van der Waals surface area contributed by atoms with Gasteiger partial charge >= 0.3 is 0 Å². The highest BCUT2D eigenvalue weighted by molar-refractivity contribution is 5.47. The molecule has 0 atom stereocenters. The Labute approximate surface area is 135 Å². The molecule has 1 fully saturated rings. The first-order chi connectivity index (χ1) is 10.5. The second-order valence-corrected chi connectivity index (χ2v) is 6.97. The molecule has 1 saturated heterocycles. The van der Waals surface area contributed by atoms with Crippen molar-refractivity contribution in [2.24, 2.45) is 5.41 Å². The Morgan fingerprint density at radius 2 is 1.68 bits per heavy atom. The number of aryl methyl sites for hydroxylation is 2. The lowest BCUT2D eigenvalue weighted by molar-refractivity contribution is -0.226. The maximum atomic E-state index is 6.00. The molecule has 2 rings (SSSR count). The zero-order chi connectivity index (χ0) is 16.2. The third-order valence-electron chi connectivity index (χ3n) is 4.06. The van der Waals surface area contributed by atoms with Crippen molar-refractivity contribution in [2.75, 3.05) is 13.2 Å². The fraction of sp³-hybridized carbons (Fsp3) is 0.600. The smallest absolute Gasteiger partial charge is 0.184 e. The maximum Gasteiger partial charge on any atom is 0.184 e. The van der Waals surface area contributed by atoms with Crippen LogP contribution in [0.15, 0.2) is 12.1 Å². The van der Waals surface area contributed by atoms with Gasteiger partial charge in [-0.3, -0.25) is 0 Å². The third kappa shape index (κ3) is 3.91. The number of hydrogen-bond donors (Lipinski definition) is 0. The number of terminal acetylenes is 1. The van der Waals surface area contributed by atoms with Crippen LogP contribution >= 0.6 is 0 Å². The zero-order valence-electron chi connectivity index (χ0n) is 14.4. The van der Waals surface area contributed by atoms with Gasteiger partial charge in [-0.15, -0.1) is 6.42 Å². The average molecular weight is 300 g/mol. The summed E-state index contributed by atoms with van der Waals surface area (Å²) in [5, 5.41) is 0. The van der Waals surface area contributed by atoms with Crippen molar-refractivity contribution in [2.45, 2.75) is 59.7 Å². The molecule has 0 aromatic heterocycles. The fourth-order valence-electron chi connectivity index (χ4n) is 2.90. The molecular formula is C20H28O2. The van der Waals surface area contributed by atoms with Crippen molar-refractivity contribution in [3.8, 4) is 12.3 Å². The molecule has 1 aliphatic heterocycles. The topological polar surface area (TPSA) is 18.5 Å². The quantitative estimate of drug-likeness (QED) is 0.737. The monoisotopic (exact) mass is 300 g/mol. The Morgan fingerprint density at radius 3 is 2.23 bits per heavy atom. The normalized spacial score (nSPS) is 18.1. The van der Waals surface area contributed by atoms with E-state index in [9.17, 15) is 0 Å². The largest absolute Gasteiger partial charge is 0.348 e. The molecule has 2 nitrogen and oxygen atoms in total. The van der Waals surface area contributed by atoms with E-state index in [0.29, 0.717) is 0 Å². The minimum atomic E-state index is -0.253. The van der Waals surface area contributed by atoms with Crippen LogP contribution in [-0.4, -0.2) is 13.2 Å². The summed E-state index contributed by atoms with van der Waals surface area (Å²) >= 11 is 0. The van der Waals surface area contributed by atoms with E-state index >= 15 is 0 Å². The van der Waals surface area contributed by atoms with Crippen LogP contribution in [0.3, 0.4) is 0 Å². The van der Waals surface area contributed by atoms with Crippen LogP contribution in [-0.2, 0) is 22.3 Å². The van der Waals surface area contributed by atoms with Crippen molar-refractivity contribution >= 4 is 0 Å². The Morgan fingerprint density at radius 1 is 1.09 bits per heavy atom. The highest BCUT2D eigenvalue weighted by Crippen LogP contribution is 2.34. The van der Waals surface area contributed by atoms with Gasteiger partial charge in [0, 0.05) is 16.5 Å². The SMILES string of the molecule is C#Cc1cc(CCC)c(C2OCC(C)(C)CO2)cc1CCC. The van der Waals surface area contributed by atoms with Crippen molar-refractivity contribution < 1.29 is 9.47 Å². The van der Waals surface area contributed by atoms with Crippen molar-refractivity contribution in [3.05, 3.63) is 34.4 Å². The summed E-state index contributed by atoms with van der Waals surface area (Å²) < 4.78 is 12.0. The van der Waals surface area contributed by atoms with Crippen LogP contribution in [0.25, 0.3) is 0 Å². The van der Waals surface area contributed by atoms with Crippen LogP contribution in [0, 0.1) is 17.8 Å². The van der Waals surface area contributed by atoms with Crippen molar-refractivity contribution in [3.63, 3.8) is 0 Å². The number of hydrogen-bond acceptors (Lipinski definition) is 2.